The predicted octanol–water partition coefficient (Wildman–Crippen LogP) is 4.20. The zero-order chi connectivity index (χ0) is 21.1. The van der Waals surface area contributed by atoms with E-state index < -0.39 is 10.8 Å². The number of nitrogens with one attached hydrogen (secondary N) is 1. The van der Waals surface area contributed by atoms with Crippen LogP contribution in [0.2, 0.25) is 0 Å². The molecule has 0 bridgehead atoms. The standard InChI is InChI=1S/C22H21N3O5/c26-14-18-7-9-21(30-18)15-4-3-5-17(12-15)23-22(27)16-6-8-19(20(13-16)25(28)29)24-10-1-2-11-24/h3-9,12-13,26H,1-2,10-11,14H2,(H,23,27). The van der Waals surface area contributed by atoms with Gasteiger partial charge in [0.2, 0.25) is 0 Å². The second kappa shape index (κ2) is 8.38. The summed E-state index contributed by atoms with van der Waals surface area (Å²) in [5, 5.41) is 23.5. The van der Waals surface area contributed by atoms with Crippen LogP contribution >= 0.6 is 0 Å². The number of amides is 1. The quantitative estimate of drug-likeness (QED) is 0.468. The van der Waals surface area contributed by atoms with Crippen LogP contribution in [0, 0.1) is 10.1 Å². The molecule has 4 rings (SSSR count). The Morgan fingerprint density at radius 3 is 2.63 bits per heavy atom. The Morgan fingerprint density at radius 1 is 1.13 bits per heavy atom. The number of furan rings is 1. The minimum Gasteiger partial charge on any atom is -0.459 e. The number of nitro groups is 1. The largest absolute Gasteiger partial charge is 0.459 e. The van der Waals surface area contributed by atoms with Crippen molar-refractivity contribution < 1.29 is 19.2 Å². The van der Waals surface area contributed by atoms with Crippen LogP contribution in [0.3, 0.4) is 0 Å². The monoisotopic (exact) mass is 407 g/mol. The number of hydrogen-bond acceptors (Lipinski definition) is 6. The molecule has 1 amide bonds. The van der Waals surface area contributed by atoms with Gasteiger partial charge in [-0.05, 0) is 49.2 Å². The van der Waals surface area contributed by atoms with E-state index in [1.807, 2.05) is 11.0 Å². The molecule has 1 aromatic heterocycles. The Hall–Kier alpha value is -3.65. The lowest BCUT2D eigenvalue weighted by atomic mass is 10.1. The molecule has 2 heterocycles. The molecule has 3 aromatic rings. The molecular weight excluding hydrogens is 386 g/mol. The van der Waals surface area contributed by atoms with Gasteiger partial charge in [-0.3, -0.25) is 14.9 Å². The van der Waals surface area contributed by atoms with Gasteiger partial charge in [0.1, 0.15) is 23.8 Å². The molecule has 0 radical (unpaired) electrons. The van der Waals surface area contributed by atoms with Gasteiger partial charge in [-0.25, -0.2) is 0 Å². The maximum Gasteiger partial charge on any atom is 0.293 e. The van der Waals surface area contributed by atoms with Crippen molar-refractivity contribution in [3.05, 3.63) is 76.0 Å². The van der Waals surface area contributed by atoms with Crippen LogP contribution in [0.5, 0.6) is 0 Å². The molecule has 0 spiro atoms. The van der Waals surface area contributed by atoms with Gasteiger partial charge in [0.25, 0.3) is 11.6 Å². The molecule has 30 heavy (non-hydrogen) atoms. The van der Waals surface area contributed by atoms with Crippen molar-refractivity contribution in [2.45, 2.75) is 19.4 Å². The van der Waals surface area contributed by atoms with E-state index in [1.165, 1.54) is 6.07 Å². The maximum atomic E-state index is 12.7. The molecule has 2 aromatic carbocycles. The molecule has 154 valence electrons. The van der Waals surface area contributed by atoms with Crippen LogP contribution < -0.4 is 10.2 Å². The average Bonchev–Trinajstić information content (AvgIpc) is 3.45. The van der Waals surface area contributed by atoms with Crippen LogP contribution in [0.25, 0.3) is 11.3 Å². The molecule has 0 aliphatic carbocycles. The summed E-state index contributed by atoms with van der Waals surface area (Å²) in [4.78, 5) is 25.8. The molecule has 1 aliphatic heterocycles. The number of carbonyl (C=O) groups is 1. The Morgan fingerprint density at radius 2 is 1.93 bits per heavy atom. The number of hydrogen-bond donors (Lipinski definition) is 2. The van der Waals surface area contributed by atoms with Crippen LogP contribution in [0.1, 0.15) is 29.0 Å². The summed E-state index contributed by atoms with van der Waals surface area (Å²) in [7, 11) is 0. The number of nitrogens with zero attached hydrogens (tertiary/aromatic N) is 2. The lowest BCUT2D eigenvalue weighted by Crippen LogP contribution is -2.19. The summed E-state index contributed by atoms with van der Waals surface area (Å²) < 4.78 is 5.53. The zero-order valence-corrected chi connectivity index (χ0v) is 16.2. The topological polar surface area (TPSA) is 109 Å². The molecular formula is C22H21N3O5. The van der Waals surface area contributed by atoms with Gasteiger partial charge in [0.05, 0.1) is 4.92 Å². The van der Waals surface area contributed by atoms with Gasteiger partial charge < -0.3 is 19.7 Å². The highest BCUT2D eigenvalue weighted by Crippen LogP contribution is 2.32. The zero-order valence-electron chi connectivity index (χ0n) is 16.2. The second-order valence-electron chi connectivity index (χ2n) is 7.11. The van der Waals surface area contributed by atoms with Crippen molar-refractivity contribution in [1.82, 2.24) is 0 Å². The fraction of sp³-hybridized carbons (Fsp3) is 0.227. The molecule has 1 saturated heterocycles. The number of benzene rings is 2. The fourth-order valence-corrected chi connectivity index (χ4v) is 3.61. The third-order valence-electron chi connectivity index (χ3n) is 5.10. The Balaban J connectivity index is 1.56. The number of anilines is 2. The minimum absolute atomic E-state index is 0.0644. The Bertz CT molecular complexity index is 1090. The highest BCUT2D eigenvalue weighted by Gasteiger charge is 2.24. The van der Waals surface area contributed by atoms with Crippen LogP contribution in [-0.4, -0.2) is 29.0 Å². The van der Waals surface area contributed by atoms with Gasteiger partial charge in [0, 0.05) is 36.0 Å². The molecule has 0 unspecified atom stereocenters. The van der Waals surface area contributed by atoms with Gasteiger partial charge in [0.15, 0.2) is 0 Å². The van der Waals surface area contributed by atoms with E-state index in [0.29, 0.717) is 22.9 Å². The average molecular weight is 407 g/mol. The molecule has 0 atom stereocenters. The van der Waals surface area contributed by atoms with Gasteiger partial charge >= 0.3 is 0 Å². The third-order valence-corrected chi connectivity index (χ3v) is 5.10. The van der Waals surface area contributed by atoms with Crippen molar-refractivity contribution in [1.29, 1.82) is 0 Å². The summed E-state index contributed by atoms with van der Waals surface area (Å²) in [6, 6.07) is 15.1. The summed E-state index contributed by atoms with van der Waals surface area (Å²) in [6.07, 6.45) is 2.01. The lowest BCUT2D eigenvalue weighted by Gasteiger charge is -2.17. The maximum absolute atomic E-state index is 12.7. The first kappa shape index (κ1) is 19.7. The Kier molecular flexibility index (Phi) is 5.49. The van der Waals surface area contributed by atoms with E-state index in [2.05, 4.69) is 5.32 Å². The molecule has 2 N–H and O–H groups in total. The molecule has 1 aliphatic rings. The SMILES string of the molecule is O=C(Nc1cccc(-c2ccc(CO)o2)c1)c1ccc(N2CCCC2)c([N+](=O)[O-])c1. The number of aliphatic hydroxyl groups is 1. The van der Waals surface area contributed by atoms with E-state index in [9.17, 15) is 14.9 Å². The first-order valence-corrected chi connectivity index (χ1v) is 9.70. The number of nitro benzene ring substituents is 1. The van der Waals surface area contributed by atoms with Crippen molar-refractivity contribution in [2.75, 3.05) is 23.3 Å². The molecule has 8 nitrogen and oxygen atoms in total. The number of aliphatic hydroxyl groups excluding tert-OH is 1. The third kappa shape index (κ3) is 4.04. The van der Waals surface area contributed by atoms with Crippen molar-refractivity contribution >= 4 is 23.0 Å². The first-order valence-electron chi connectivity index (χ1n) is 9.70. The first-order chi connectivity index (χ1) is 14.5. The van der Waals surface area contributed by atoms with Crippen LogP contribution in [-0.2, 0) is 6.61 Å². The van der Waals surface area contributed by atoms with Crippen LogP contribution in [0.15, 0.2) is 59.0 Å². The fourth-order valence-electron chi connectivity index (χ4n) is 3.61. The van der Waals surface area contributed by atoms with E-state index in [-0.39, 0.29) is 17.9 Å². The van der Waals surface area contributed by atoms with Gasteiger partial charge in [-0.15, -0.1) is 0 Å². The summed E-state index contributed by atoms with van der Waals surface area (Å²) in [5.41, 5.74) is 1.98. The normalized spacial score (nSPS) is 13.4. The number of carbonyl (C=O) groups excluding carboxylic acids is 1. The highest BCUT2D eigenvalue weighted by atomic mass is 16.6. The van der Waals surface area contributed by atoms with Gasteiger partial charge in [-0.2, -0.15) is 0 Å². The smallest absolute Gasteiger partial charge is 0.293 e. The van der Waals surface area contributed by atoms with Crippen LogP contribution in [0.4, 0.5) is 17.1 Å². The van der Waals surface area contributed by atoms with Crippen molar-refractivity contribution in [3.63, 3.8) is 0 Å². The lowest BCUT2D eigenvalue weighted by molar-refractivity contribution is -0.384. The molecule has 0 saturated carbocycles. The van der Waals surface area contributed by atoms with Gasteiger partial charge in [-0.1, -0.05) is 12.1 Å². The second-order valence-corrected chi connectivity index (χ2v) is 7.11. The van der Waals surface area contributed by atoms with E-state index in [1.54, 1.807) is 42.5 Å². The minimum atomic E-state index is -0.444. The predicted molar refractivity (Wildman–Crippen MR) is 113 cm³/mol. The molecule has 1 fully saturated rings. The highest BCUT2D eigenvalue weighted by molar-refractivity contribution is 6.05. The van der Waals surface area contributed by atoms with E-state index in [0.717, 1.165) is 31.5 Å². The number of rotatable bonds is 6. The van der Waals surface area contributed by atoms with Crippen molar-refractivity contribution in [2.24, 2.45) is 0 Å². The van der Waals surface area contributed by atoms with Crippen molar-refractivity contribution in [3.8, 4) is 11.3 Å². The Labute approximate surface area is 172 Å². The van der Waals surface area contributed by atoms with E-state index >= 15 is 0 Å². The summed E-state index contributed by atoms with van der Waals surface area (Å²) >= 11 is 0. The summed E-state index contributed by atoms with van der Waals surface area (Å²) in [6.45, 7) is 1.37. The van der Waals surface area contributed by atoms with E-state index in [4.69, 9.17) is 9.52 Å². The molecule has 8 heteroatoms. The summed E-state index contributed by atoms with van der Waals surface area (Å²) in [5.74, 6) is 0.587.